The highest BCUT2D eigenvalue weighted by Gasteiger charge is 2.12. The zero-order valence-electron chi connectivity index (χ0n) is 16.5. The molecule has 158 valence electrons. The molecule has 2 aromatic carbocycles. The number of carbonyl (C=O) groups excluding carboxylic acids is 1. The largest absolute Gasteiger partial charge is 0.482 e. The third-order valence-electron chi connectivity index (χ3n) is 4.51. The van der Waals surface area contributed by atoms with Gasteiger partial charge in [0.15, 0.2) is 16.5 Å². The number of rotatable bonds is 7. The summed E-state index contributed by atoms with van der Waals surface area (Å²) in [5.74, 6) is 0.898. The highest BCUT2D eigenvalue weighted by Crippen LogP contribution is 2.30. The Morgan fingerprint density at radius 2 is 2.06 bits per heavy atom. The molecule has 1 amide bonds. The normalized spacial score (nSPS) is 10.8. The van der Waals surface area contributed by atoms with Gasteiger partial charge in [0, 0.05) is 12.4 Å². The van der Waals surface area contributed by atoms with E-state index >= 15 is 0 Å². The Labute approximate surface area is 192 Å². The zero-order valence-corrected chi connectivity index (χ0v) is 18.9. The number of hydrogen-bond acceptors (Lipinski definition) is 6. The lowest BCUT2D eigenvalue weighted by atomic mass is 10.1. The summed E-state index contributed by atoms with van der Waals surface area (Å²) in [7, 11) is 1.84. The number of aromatic amines is 1. The van der Waals surface area contributed by atoms with Crippen molar-refractivity contribution < 1.29 is 9.53 Å². The average molecular weight is 472 g/mol. The molecule has 4 rings (SSSR count). The minimum atomic E-state index is -0.317. The van der Waals surface area contributed by atoms with Crippen molar-refractivity contribution >= 4 is 46.2 Å². The number of H-pyrrole nitrogens is 1. The van der Waals surface area contributed by atoms with Crippen molar-refractivity contribution in [1.82, 2.24) is 19.7 Å². The molecule has 0 aliphatic carbocycles. The van der Waals surface area contributed by atoms with Gasteiger partial charge in [-0.25, -0.2) is 4.98 Å². The van der Waals surface area contributed by atoms with Gasteiger partial charge in [0.1, 0.15) is 11.6 Å². The van der Waals surface area contributed by atoms with E-state index < -0.39 is 0 Å². The molecule has 0 spiro atoms. The number of aromatic nitrogens is 4. The molecule has 0 radical (unpaired) electrons. The number of benzene rings is 2. The number of nitrogens with zero attached hydrogens (tertiary/aromatic N) is 3. The topological polar surface area (TPSA) is 84.8 Å². The molecule has 2 N–H and O–H groups in total. The summed E-state index contributed by atoms with van der Waals surface area (Å²) in [4.78, 5) is 16.7. The number of amides is 1. The summed E-state index contributed by atoms with van der Waals surface area (Å²) in [5, 5.41) is 12.5. The zero-order chi connectivity index (χ0) is 21.8. The lowest BCUT2D eigenvalue weighted by molar-refractivity contribution is -0.118. The fourth-order valence-electron chi connectivity index (χ4n) is 2.87. The lowest BCUT2D eigenvalue weighted by Crippen LogP contribution is -2.20. The average Bonchev–Trinajstić information content (AvgIpc) is 3.34. The first-order valence-corrected chi connectivity index (χ1v) is 11.0. The molecule has 0 aliphatic heterocycles. The van der Waals surface area contributed by atoms with Crippen LogP contribution in [0, 0.1) is 4.77 Å². The smallest absolute Gasteiger partial charge is 0.264 e. The second-order valence-electron chi connectivity index (χ2n) is 6.67. The van der Waals surface area contributed by atoms with Gasteiger partial charge >= 0.3 is 0 Å². The van der Waals surface area contributed by atoms with Crippen LogP contribution in [0.2, 0.25) is 5.02 Å². The van der Waals surface area contributed by atoms with Gasteiger partial charge < -0.3 is 9.30 Å². The minimum absolute atomic E-state index is 0.174. The summed E-state index contributed by atoms with van der Waals surface area (Å²) in [5.41, 5.74) is 2.82. The summed E-state index contributed by atoms with van der Waals surface area (Å²) in [6.45, 7) is -0.174. The van der Waals surface area contributed by atoms with Crippen LogP contribution >= 0.6 is 35.2 Å². The first-order valence-electron chi connectivity index (χ1n) is 9.32. The summed E-state index contributed by atoms with van der Waals surface area (Å²) in [6.07, 6.45) is 0.510. The van der Waals surface area contributed by atoms with Gasteiger partial charge in [-0.1, -0.05) is 48.0 Å². The van der Waals surface area contributed by atoms with Gasteiger partial charge in [-0.15, -0.1) is 11.3 Å². The molecule has 2 aromatic heterocycles. The first-order chi connectivity index (χ1) is 15.0. The number of anilines is 1. The SMILES string of the molecule is Cn1c(Cc2csc(NC(=O)COc3ccc(-c4ccccc4)cc3Cl)n2)n[nH]c1=S. The Morgan fingerprint density at radius 3 is 2.77 bits per heavy atom. The monoisotopic (exact) mass is 471 g/mol. The lowest BCUT2D eigenvalue weighted by Gasteiger charge is -2.09. The van der Waals surface area contributed by atoms with Crippen molar-refractivity contribution in [3.05, 3.63) is 75.2 Å². The van der Waals surface area contributed by atoms with Crippen LogP contribution in [-0.4, -0.2) is 32.3 Å². The van der Waals surface area contributed by atoms with Crippen LogP contribution < -0.4 is 10.1 Å². The number of thiazole rings is 1. The second-order valence-corrected chi connectivity index (χ2v) is 8.32. The van der Waals surface area contributed by atoms with Crippen LogP contribution in [0.4, 0.5) is 5.13 Å². The maximum absolute atomic E-state index is 12.3. The van der Waals surface area contributed by atoms with Gasteiger partial charge in [-0.05, 0) is 35.5 Å². The standard InChI is InChI=1S/C21H18ClN5O2S2/c1-27-18(25-26-21(27)30)10-15-12-31-20(23-15)24-19(28)11-29-17-8-7-14(9-16(17)22)13-5-3-2-4-6-13/h2-9,12H,10-11H2,1H3,(H,26,30)(H,23,24,28). The summed E-state index contributed by atoms with van der Waals surface area (Å²) < 4.78 is 7.92. The quantitative estimate of drug-likeness (QED) is 0.376. The van der Waals surface area contributed by atoms with E-state index in [9.17, 15) is 4.79 Å². The van der Waals surface area contributed by atoms with Gasteiger partial charge in [-0.2, -0.15) is 5.10 Å². The van der Waals surface area contributed by atoms with Gasteiger partial charge in [0.2, 0.25) is 0 Å². The van der Waals surface area contributed by atoms with E-state index in [4.69, 9.17) is 28.6 Å². The molecule has 0 unspecified atom stereocenters. The maximum atomic E-state index is 12.3. The first kappa shape index (κ1) is 21.2. The highest BCUT2D eigenvalue weighted by atomic mass is 35.5. The fourth-order valence-corrected chi connectivity index (χ4v) is 3.98. The molecule has 0 atom stereocenters. The van der Waals surface area contributed by atoms with E-state index in [0.29, 0.717) is 27.1 Å². The predicted molar refractivity (Wildman–Crippen MR) is 124 cm³/mol. The molecule has 0 saturated heterocycles. The molecule has 10 heteroatoms. The van der Waals surface area contributed by atoms with Crippen LogP contribution in [-0.2, 0) is 18.3 Å². The Hall–Kier alpha value is -3.01. The van der Waals surface area contributed by atoms with Crippen LogP contribution in [0.25, 0.3) is 11.1 Å². The maximum Gasteiger partial charge on any atom is 0.264 e. The van der Waals surface area contributed by atoms with Crippen molar-refractivity contribution in [2.24, 2.45) is 7.05 Å². The van der Waals surface area contributed by atoms with Crippen LogP contribution in [0.15, 0.2) is 53.9 Å². The van der Waals surface area contributed by atoms with Crippen molar-refractivity contribution in [3.8, 4) is 16.9 Å². The number of ether oxygens (including phenoxy) is 1. The molecule has 0 bridgehead atoms. The van der Waals surface area contributed by atoms with E-state index in [0.717, 1.165) is 22.6 Å². The summed E-state index contributed by atoms with van der Waals surface area (Å²) >= 11 is 12.8. The van der Waals surface area contributed by atoms with Crippen molar-refractivity contribution in [1.29, 1.82) is 0 Å². The Bertz CT molecular complexity index is 1270. The Kier molecular flexibility index (Phi) is 6.45. The molecule has 0 saturated carbocycles. The molecule has 4 aromatic rings. The van der Waals surface area contributed by atoms with Crippen molar-refractivity contribution in [3.63, 3.8) is 0 Å². The molecule has 7 nitrogen and oxygen atoms in total. The van der Waals surface area contributed by atoms with Crippen LogP contribution in [0.1, 0.15) is 11.5 Å². The van der Waals surface area contributed by atoms with Crippen LogP contribution in [0.3, 0.4) is 0 Å². The van der Waals surface area contributed by atoms with Crippen molar-refractivity contribution in [2.45, 2.75) is 6.42 Å². The molecule has 31 heavy (non-hydrogen) atoms. The van der Waals surface area contributed by atoms with Crippen molar-refractivity contribution in [2.75, 3.05) is 11.9 Å². The van der Waals surface area contributed by atoms with E-state index in [1.54, 1.807) is 10.6 Å². The third-order valence-corrected chi connectivity index (χ3v) is 5.97. The van der Waals surface area contributed by atoms with Crippen LogP contribution in [0.5, 0.6) is 5.75 Å². The molecular weight excluding hydrogens is 454 g/mol. The van der Waals surface area contributed by atoms with E-state index in [1.165, 1.54) is 11.3 Å². The molecule has 0 aliphatic rings. The number of nitrogens with one attached hydrogen (secondary N) is 2. The van der Waals surface area contributed by atoms with E-state index in [1.807, 2.05) is 54.9 Å². The number of carbonyl (C=O) groups is 1. The second kappa shape index (κ2) is 9.42. The van der Waals surface area contributed by atoms with Gasteiger partial charge in [0.25, 0.3) is 5.91 Å². The minimum Gasteiger partial charge on any atom is -0.482 e. The molecular formula is C21H18ClN5O2S2. The molecule has 0 fully saturated rings. The summed E-state index contributed by atoms with van der Waals surface area (Å²) in [6, 6.07) is 15.4. The molecule has 2 heterocycles. The number of hydrogen-bond donors (Lipinski definition) is 2. The Morgan fingerprint density at radius 1 is 1.26 bits per heavy atom. The number of halogens is 1. The Balaban J connectivity index is 1.33. The van der Waals surface area contributed by atoms with E-state index in [2.05, 4.69) is 20.5 Å². The highest BCUT2D eigenvalue weighted by molar-refractivity contribution is 7.71. The third kappa shape index (κ3) is 5.19. The van der Waals surface area contributed by atoms with Gasteiger partial charge in [0.05, 0.1) is 17.1 Å². The van der Waals surface area contributed by atoms with E-state index in [-0.39, 0.29) is 12.5 Å². The predicted octanol–water partition coefficient (Wildman–Crippen LogP) is 4.86. The fraction of sp³-hybridized carbons (Fsp3) is 0.143. The van der Waals surface area contributed by atoms with Gasteiger partial charge in [-0.3, -0.25) is 15.2 Å².